The average molecular weight is 283 g/mol. The van der Waals surface area contributed by atoms with Gasteiger partial charge in [0.2, 0.25) is 0 Å². The minimum absolute atomic E-state index is 0.194. The highest BCUT2D eigenvalue weighted by molar-refractivity contribution is 6.05. The smallest absolute Gasteiger partial charge is 0.257 e. The van der Waals surface area contributed by atoms with Gasteiger partial charge in [-0.15, -0.1) is 0 Å². The first-order chi connectivity index (χ1) is 10.0. The maximum absolute atomic E-state index is 12.2. The third-order valence-corrected chi connectivity index (χ3v) is 3.18. The summed E-state index contributed by atoms with van der Waals surface area (Å²) in [5.74, 6) is -0.194. The molecule has 0 fully saturated rings. The number of amides is 1. The number of rotatable bonds is 3. The van der Waals surface area contributed by atoms with E-state index in [4.69, 9.17) is 5.21 Å². The Bertz CT molecular complexity index is 691. The van der Waals surface area contributed by atoms with Gasteiger partial charge in [0, 0.05) is 11.4 Å². The molecule has 1 aromatic heterocycles. The maximum Gasteiger partial charge on any atom is 0.257 e. The van der Waals surface area contributed by atoms with Crippen molar-refractivity contribution in [2.24, 2.45) is 5.16 Å². The van der Waals surface area contributed by atoms with E-state index < -0.39 is 0 Å². The van der Waals surface area contributed by atoms with Crippen molar-refractivity contribution in [1.29, 1.82) is 0 Å². The van der Waals surface area contributed by atoms with E-state index in [-0.39, 0.29) is 5.91 Å². The number of nitrogens with one attached hydrogen (secondary N) is 1. The summed E-state index contributed by atoms with van der Waals surface area (Å²) in [4.78, 5) is 16.5. The van der Waals surface area contributed by atoms with Crippen molar-refractivity contribution in [3.05, 3.63) is 58.9 Å². The number of carbonyl (C=O) groups excluding carboxylic acids is 1. The standard InChI is InChI=1S/C16H17N3O2/c1-10-4-9-15(12(3)17-10)16(20)18-14-7-5-13(6-8-14)11(2)19-21/h4-9,21H,1-3H3,(H,18,20). The Kier molecular flexibility index (Phi) is 4.33. The van der Waals surface area contributed by atoms with Crippen LogP contribution in [0.15, 0.2) is 41.6 Å². The molecule has 5 heteroatoms. The van der Waals surface area contributed by atoms with Gasteiger partial charge >= 0.3 is 0 Å². The SMILES string of the molecule is CC(=NO)c1ccc(NC(=O)c2ccc(C)nc2C)cc1. The summed E-state index contributed by atoms with van der Waals surface area (Å²) in [5, 5.41) is 14.7. The number of pyridine rings is 1. The van der Waals surface area contributed by atoms with Crippen molar-refractivity contribution in [2.75, 3.05) is 5.32 Å². The van der Waals surface area contributed by atoms with Crippen LogP contribution in [-0.4, -0.2) is 21.8 Å². The van der Waals surface area contributed by atoms with Gasteiger partial charge in [-0.05, 0) is 50.6 Å². The van der Waals surface area contributed by atoms with Crippen LogP contribution in [0.1, 0.15) is 34.2 Å². The van der Waals surface area contributed by atoms with E-state index in [1.165, 1.54) is 0 Å². The number of nitrogens with zero attached hydrogens (tertiary/aromatic N) is 2. The number of carbonyl (C=O) groups is 1. The van der Waals surface area contributed by atoms with Gasteiger partial charge < -0.3 is 10.5 Å². The van der Waals surface area contributed by atoms with Crippen LogP contribution in [0.3, 0.4) is 0 Å². The Hall–Kier alpha value is -2.69. The van der Waals surface area contributed by atoms with Gasteiger partial charge in [0.25, 0.3) is 5.91 Å². The van der Waals surface area contributed by atoms with E-state index in [1.807, 2.05) is 19.9 Å². The molecule has 1 amide bonds. The second-order valence-corrected chi connectivity index (χ2v) is 4.80. The minimum Gasteiger partial charge on any atom is -0.411 e. The van der Waals surface area contributed by atoms with Gasteiger partial charge in [0.05, 0.1) is 17.0 Å². The van der Waals surface area contributed by atoms with Gasteiger partial charge in [-0.1, -0.05) is 17.3 Å². The zero-order valence-corrected chi connectivity index (χ0v) is 12.2. The molecule has 5 nitrogen and oxygen atoms in total. The zero-order chi connectivity index (χ0) is 15.4. The van der Waals surface area contributed by atoms with Crippen molar-refractivity contribution >= 4 is 17.3 Å². The topological polar surface area (TPSA) is 74.6 Å². The third kappa shape index (κ3) is 3.45. The lowest BCUT2D eigenvalue weighted by molar-refractivity contribution is 0.102. The summed E-state index contributed by atoms with van der Waals surface area (Å²) in [6.45, 7) is 5.40. The van der Waals surface area contributed by atoms with Crippen LogP contribution < -0.4 is 5.32 Å². The minimum atomic E-state index is -0.194. The summed E-state index contributed by atoms with van der Waals surface area (Å²) in [7, 11) is 0. The normalized spacial score (nSPS) is 11.3. The Labute approximate surface area is 123 Å². The first kappa shape index (κ1) is 14.7. The molecule has 21 heavy (non-hydrogen) atoms. The zero-order valence-electron chi connectivity index (χ0n) is 12.2. The molecule has 0 saturated heterocycles. The van der Waals surface area contributed by atoms with Crippen molar-refractivity contribution in [1.82, 2.24) is 4.98 Å². The van der Waals surface area contributed by atoms with Crippen LogP contribution in [0.4, 0.5) is 5.69 Å². The molecule has 0 radical (unpaired) electrons. The molecular weight excluding hydrogens is 266 g/mol. The Morgan fingerprint density at radius 1 is 1.14 bits per heavy atom. The molecule has 1 aromatic carbocycles. The van der Waals surface area contributed by atoms with Crippen LogP contribution in [0.25, 0.3) is 0 Å². The number of hydrogen-bond acceptors (Lipinski definition) is 4. The van der Waals surface area contributed by atoms with Crippen LogP contribution in [0, 0.1) is 13.8 Å². The summed E-state index contributed by atoms with van der Waals surface area (Å²) in [6, 6.07) is 10.7. The van der Waals surface area contributed by atoms with E-state index in [0.29, 0.717) is 22.7 Å². The molecule has 0 saturated carbocycles. The first-order valence-corrected chi connectivity index (χ1v) is 6.56. The molecule has 0 bridgehead atoms. The van der Waals surface area contributed by atoms with Crippen LogP contribution >= 0.6 is 0 Å². The van der Waals surface area contributed by atoms with Crippen LogP contribution in [-0.2, 0) is 0 Å². The van der Waals surface area contributed by atoms with Gasteiger partial charge in [-0.25, -0.2) is 0 Å². The summed E-state index contributed by atoms with van der Waals surface area (Å²) in [6.07, 6.45) is 0. The van der Waals surface area contributed by atoms with Gasteiger partial charge in [-0.2, -0.15) is 0 Å². The van der Waals surface area contributed by atoms with Crippen molar-refractivity contribution in [3.8, 4) is 0 Å². The summed E-state index contributed by atoms with van der Waals surface area (Å²) >= 11 is 0. The molecule has 2 N–H and O–H groups in total. The third-order valence-electron chi connectivity index (χ3n) is 3.18. The van der Waals surface area contributed by atoms with Gasteiger partial charge in [-0.3, -0.25) is 9.78 Å². The highest BCUT2D eigenvalue weighted by Gasteiger charge is 2.10. The fraction of sp³-hybridized carbons (Fsp3) is 0.188. The molecule has 0 aliphatic heterocycles. The molecular formula is C16H17N3O2. The van der Waals surface area contributed by atoms with Crippen LogP contribution in [0.2, 0.25) is 0 Å². The monoisotopic (exact) mass is 283 g/mol. The summed E-state index contributed by atoms with van der Waals surface area (Å²) in [5.41, 5.74) is 4.13. The average Bonchev–Trinajstić information content (AvgIpc) is 2.47. The van der Waals surface area contributed by atoms with Crippen molar-refractivity contribution < 1.29 is 10.0 Å². The molecule has 2 rings (SSSR count). The number of anilines is 1. The van der Waals surface area contributed by atoms with E-state index in [9.17, 15) is 4.79 Å². The highest BCUT2D eigenvalue weighted by atomic mass is 16.4. The Morgan fingerprint density at radius 2 is 1.81 bits per heavy atom. The summed E-state index contributed by atoms with van der Waals surface area (Å²) < 4.78 is 0. The van der Waals surface area contributed by atoms with E-state index >= 15 is 0 Å². The molecule has 108 valence electrons. The number of hydrogen-bond donors (Lipinski definition) is 2. The van der Waals surface area contributed by atoms with E-state index in [2.05, 4.69) is 15.5 Å². The van der Waals surface area contributed by atoms with Crippen molar-refractivity contribution in [2.45, 2.75) is 20.8 Å². The molecule has 0 aliphatic carbocycles. The predicted octanol–water partition coefficient (Wildman–Crippen LogP) is 3.15. The highest BCUT2D eigenvalue weighted by Crippen LogP contribution is 2.13. The quantitative estimate of drug-likeness (QED) is 0.516. The van der Waals surface area contributed by atoms with E-state index in [0.717, 1.165) is 11.3 Å². The number of aryl methyl sites for hydroxylation is 2. The molecule has 0 spiro atoms. The van der Waals surface area contributed by atoms with Gasteiger partial charge in [0.1, 0.15) is 0 Å². The molecule has 2 aromatic rings. The predicted molar refractivity (Wildman–Crippen MR) is 82.1 cm³/mol. The Balaban J connectivity index is 2.16. The van der Waals surface area contributed by atoms with Crippen LogP contribution in [0.5, 0.6) is 0 Å². The maximum atomic E-state index is 12.2. The number of oxime groups is 1. The van der Waals surface area contributed by atoms with E-state index in [1.54, 1.807) is 37.3 Å². The lowest BCUT2D eigenvalue weighted by Crippen LogP contribution is -2.14. The molecule has 0 aliphatic rings. The second-order valence-electron chi connectivity index (χ2n) is 4.80. The fourth-order valence-electron chi connectivity index (χ4n) is 1.98. The Morgan fingerprint density at radius 3 is 2.38 bits per heavy atom. The molecule has 0 atom stereocenters. The first-order valence-electron chi connectivity index (χ1n) is 6.56. The second kappa shape index (κ2) is 6.17. The fourth-order valence-corrected chi connectivity index (χ4v) is 1.98. The number of aromatic nitrogens is 1. The van der Waals surface area contributed by atoms with Crippen molar-refractivity contribution in [3.63, 3.8) is 0 Å². The number of benzene rings is 1. The molecule has 1 heterocycles. The molecule has 0 unspecified atom stereocenters. The lowest BCUT2D eigenvalue weighted by atomic mass is 10.1. The largest absolute Gasteiger partial charge is 0.411 e. The van der Waals surface area contributed by atoms with Gasteiger partial charge in [0.15, 0.2) is 0 Å². The lowest BCUT2D eigenvalue weighted by Gasteiger charge is -2.08.